The van der Waals surface area contributed by atoms with Crippen LogP contribution in [0.15, 0.2) is 18.5 Å². The second-order valence-electron chi connectivity index (χ2n) is 5.03. The van der Waals surface area contributed by atoms with Gasteiger partial charge in [-0.3, -0.25) is 14.6 Å². The second kappa shape index (κ2) is 7.12. The van der Waals surface area contributed by atoms with Gasteiger partial charge in [-0.1, -0.05) is 0 Å². The SMILES string of the molecule is NCCNC(=O)C1CCCN(C(=O)c2ccncc2F)C1. The lowest BCUT2D eigenvalue weighted by atomic mass is 9.96. The molecule has 6 nitrogen and oxygen atoms in total. The van der Waals surface area contributed by atoms with Gasteiger partial charge in [0.25, 0.3) is 5.91 Å². The van der Waals surface area contributed by atoms with Crippen LogP contribution in [0.5, 0.6) is 0 Å². The van der Waals surface area contributed by atoms with Crippen LogP contribution in [0.1, 0.15) is 23.2 Å². The zero-order valence-corrected chi connectivity index (χ0v) is 11.7. The molecule has 1 aliphatic rings. The predicted molar refractivity (Wildman–Crippen MR) is 74.9 cm³/mol. The number of piperidine rings is 1. The molecule has 114 valence electrons. The number of nitrogens with zero attached hydrogens (tertiary/aromatic N) is 2. The lowest BCUT2D eigenvalue weighted by Crippen LogP contribution is -2.46. The topological polar surface area (TPSA) is 88.3 Å². The summed E-state index contributed by atoms with van der Waals surface area (Å²) in [4.78, 5) is 29.4. The van der Waals surface area contributed by atoms with E-state index < -0.39 is 11.7 Å². The largest absolute Gasteiger partial charge is 0.355 e. The summed E-state index contributed by atoms with van der Waals surface area (Å²) < 4.78 is 13.6. The summed E-state index contributed by atoms with van der Waals surface area (Å²) in [6.45, 7) is 1.63. The molecule has 1 aromatic rings. The molecule has 7 heteroatoms. The molecule has 0 saturated carbocycles. The molecular formula is C14H19FN4O2. The summed E-state index contributed by atoms with van der Waals surface area (Å²) >= 11 is 0. The van der Waals surface area contributed by atoms with Gasteiger partial charge in [0.15, 0.2) is 5.82 Å². The van der Waals surface area contributed by atoms with Gasteiger partial charge in [-0.2, -0.15) is 0 Å². The molecule has 0 spiro atoms. The Bertz CT molecular complexity index is 523. The van der Waals surface area contributed by atoms with Crippen LogP contribution in [0.4, 0.5) is 4.39 Å². The van der Waals surface area contributed by atoms with Gasteiger partial charge in [-0.05, 0) is 18.9 Å². The van der Waals surface area contributed by atoms with Crippen LogP contribution in [0.25, 0.3) is 0 Å². The van der Waals surface area contributed by atoms with Crippen LogP contribution < -0.4 is 11.1 Å². The van der Waals surface area contributed by atoms with Crippen LogP contribution in [0, 0.1) is 11.7 Å². The molecule has 1 saturated heterocycles. The van der Waals surface area contributed by atoms with Gasteiger partial charge >= 0.3 is 0 Å². The zero-order valence-electron chi connectivity index (χ0n) is 11.7. The highest BCUT2D eigenvalue weighted by molar-refractivity contribution is 5.94. The smallest absolute Gasteiger partial charge is 0.256 e. The van der Waals surface area contributed by atoms with Crippen molar-refractivity contribution in [2.24, 2.45) is 11.7 Å². The quantitative estimate of drug-likeness (QED) is 0.827. The summed E-state index contributed by atoms with van der Waals surface area (Å²) in [5, 5.41) is 2.73. The van der Waals surface area contributed by atoms with Gasteiger partial charge in [0, 0.05) is 32.4 Å². The third kappa shape index (κ3) is 3.75. The molecule has 2 amide bonds. The van der Waals surface area contributed by atoms with Crippen LogP contribution in [0.2, 0.25) is 0 Å². The van der Waals surface area contributed by atoms with Crippen molar-refractivity contribution in [1.29, 1.82) is 0 Å². The molecule has 0 aliphatic carbocycles. The maximum absolute atomic E-state index is 13.6. The van der Waals surface area contributed by atoms with E-state index in [2.05, 4.69) is 10.3 Å². The first kappa shape index (κ1) is 15.4. The number of amides is 2. The molecule has 0 aromatic carbocycles. The average Bonchev–Trinajstić information content (AvgIpc) is 2.52. The first-order chi connectivity index (χ1) is 10.1. The van der Waals surface area contributed by atoms with E-state index in [1.165, 1.54) is 17.2 Å². The van der Waals surface area contributed by atoms with E-state index in [0.717, 1.165) is 19.0 Å². The van der Waals surface area contributed by atoms with Crippen LogP contribution in [-0.4, -0.2) is 47.9 Å². The predicted octanol–water partition coefficient (Wildman–Crippen LogP) is 0.148. The Morgan fingerprint density at radius 3 is 3.05 bits per heavy atom. The molecule has 2 rings (SSSR count). The number of hydrogen-bond acceptors (Lipinski definition) is 4. The van der Waals surface area contributed by atoms with E-state index in [-0.39, 0.29) is 17.4 Å². The number of rotatable bonds is 4. The molecule has 0 bridgehead atoms. The molecule has 1 atom stereocenters. The molecular weight excluding hydrogens is 275 g/mol. The maximum atomic E-state index is 13.6. The third-order valence-corrected chi connectivity index (χ3v) is 3.53. The highest BCUT2D eigenvalue weighted by atomic mass is 19.1. The summed E-state index contributed by atoms with van der Waals surface area (Å²) in [5.74, 6) is -1.41. The van der Waals surface area contributed by atoms with Crippen molar-refractivity contribution in [2.75, 3.05) is 26.2 Å². The summed E-state index contributed by atoms with van der Waals surface area (Å²) in [7, 11) is 0. The molecule has 21 heavy (non-hydrogen) atoms. The van der Waals surface area contributed by atoms with Crippen LogP contribution in [0.3, 0.4) is 0 Å². The van der Waals surface area contributed by atoms with Crippen LogP contribution in [-0.2, 0) is 4.79 Å². The van der Waals surface area contributed by atoms with E-state index in [0.29, 0.717) is 26.2 Å². The number of aromatic nitrogens is 1. The molecule has 1 unspecified atom stereocenters. The molecule has 1 aromatic heterocycles. The number of carbonyl (C=O) groups excluding carboxylic acids is 2. The van der Waals surface area contributed by atoms with Crippen molar-refractivity contribution >= 4 is 11.8 Å². The number of likely N-dealkylation sites (tertiary alicyclic amines) is 1. The molecule has 0 radical (unpaired) electrons. The minimum atomic E-state index is -0.641. The highest BCUT2D eigenvalue weighted by Crippen LogP contribution is 2.19. The van der Waals surface area contributed by atoms with E-state index in [1.54, 1.807) is 0 Å². The zero-order chi connectivity index (χ0) is 15.2. The normalized spacial score (nSPS) is 18.4. The first-order valence-electron chi connectivity index (χ1n) is 7.00. The summed E-state index contributed by atoms with van der Waals surface area (Å²) in [6.07, 6.45) is 3.84. The number of nitrogens with two attached hydrogens (primary N) is 1. The van der Waals surface area contributed by atoms with Crippen molar-refractivity contribution in [2.45, 2.75) is 12.8 Å². The molecule has 1 aliphatic heterocycles. The van der Waals surface area contributed by atoms with E-state index in [9.17, 15) is 14.0 Å². The maximum Gasteiger partial charge on any atom is 0.256 e. The van der Waals surface area contributed by atoms with Crippen molar-refractivity contribution in [1.82, 2.24) is 15.2 Å². The second-order valence-corrected chi connectivity index (χ2v) is 5.03. The number of halogens is 1. The van der Waals surface area contributed by atoms with Gasteiger partial charge in [0.2, 0.25) is 5.91 Å². The molecule has 3 N–H and O–H groups in total. The Morgan fingerprint density at radius 2 is 2.33 bits per heavy atom. The Kier molecular flexibility index (Phi) is 5.21. The van der Waals surface area contributed by atoms with E-state index in [1.807, 2.05) is 0 Å². The highest BCUT2D eigenvalue weighted by Gasteiger charge is 2.29. The summed E-state index contributed by atoms with van der Waals surface area (Å²) in [6, 6.07) is 1.36. The lowest BCUT2D eigenvalue weighted by Gasteiger charge is -2.32. The van der Waals surface area contributed by atoms with Crippen molar-refractivity contribution in [3.8, 4) is 0 Å². The molecule has 2 heterocycles. The van der Waals surface area contributed by atoms with Gasteiger partial charge in [0.1, 0.15) is 0 Å². The number of nitrogens with one attached hydrogen (secondary N) is 1. The Labute approximate surface area is 122 Å². The van der Waals surface area contributed by atoms with Crippen molar-refractivity contribution in [3.63, 3.8) is 0 Å². The Balaban J connectivity index is 2.02. The third-order valence-electron chi connectivity index (χ3n) is 3.53. The minimum Gasteiger partial charge on any atom is -0.355 e. The number of carbonyl (C=O) groups is 2. The van der Waals surface area contributed by atoms with Crippen molar-refractivity contribution in [3.05, 3.63) is 29.8 Å². The first-order valence-corrected chi connectivity index (χ1v) is 7.00. The fourth-order valence-corrected chi connectivity index (χ4v) is 2.43. The summed E-state index contributed by atoms with van der Waals surface area (Å²) in [5.41, 5.74) is 5.34. The number of hydrogen-bond donors (Lipinski definition) is 2. The fraction of sp³-hybridized carbons (Fsp3) is 0.500. The van der Waals surface area contributed by atoms with E-state index >= 15 is 0 Å². The van der Waals surface area contributed by atoms with Gasteiger partial charge in [-0.15, -0.1) is 0 Å². The average molecular weight is 294 g/mol. The van der Waals surface area contributed by atoms with Gasteiger partial charge in [0.05, 0.1) is 17.7 Å². The standard InChI is InChI=1S/C14H19FN4O2/c15-12-8-17-5-3-11(12)14(21)19-7-1-2-10(9-19)13(20)18-6-4-16/h3,5,8,10H,1-2,4,6-7,9,16H2,(H,18,20). The van der Waals surface area contributed by atoms with Crippen LogP contribution >= 0.6 is 0 Å². The van der Waals surface area contributed by atoms with Gasteiger partial charge < -0.3 is 16.0 Å². The van der Waals surface area contributed by atoms with E-state index in [4.69, 9.17) is 5.73 Å². The fourth-order valence-electron chi connectivity index (χ4n) is 2.43. The Morgan fingerprint density at radius 1 is 1.52 bits per heavy atom. The number of pyridine rings is 1. The molecule has 1 fully saturated rings. The van der Waals surface area contributed by atoms with Crippen molar-refractivity contribution < 1.29 is 14.0 Å². The minimum absolute atomic E-state index is 0.00647. The van der Waals surface area contributed by atoms with Gasteiger partial charge in [-0.25, -0.2) is 4.39 Å². The lowest BCUT2D eigenvalue weighted by molar-refractivity contribution is -0.126. The Hall–Kier alpha value is -2.02. The monoisotopic (exact) mass is 294 g/mol.